The minimum absolute atomic E-state index is 0.343. The summed E-state index contributed by atoms with van der Waals surface area (Å²) < 4.78 is 276. The summed E-state index contributed by atoms with van der Waals surface area (Å²) in [6, 6.07) is -31.4. The van der Waals surface area contributed by atoms with Crippen molar-refractivity contribution in [3.63, 3.8) is 0 Å². The van der Waals surface area contributed by atoms with Crippen molar-refractivity contribution in [3.05, 3.63) is 187 Å². The van der Waals surface area contributed by atoms with Crippen LogP contribution < -0.4 is 4.90 Å². The van der Waals surface area contributed by atoms with Gasteiger partial charge in [0.1, 0.15) is 0 Å². The van der Waals surface area contributed by atoms with E-state index in [1.165, 1.54) is 0 Å². The molecule has 0 fully saturated rings. The molecule has 2 heteroatoms. The van der Waals surface area contributed by atoms with Gasteiger partial charge in [-0.3, -0.25) is 0 Å². The van der Waals surface area contributed by atoms with Gasteiger partial charge in [-0.15, -0.1) is 11.3 Å². The molecule has 226 valence electrons. The zero-order valence-corrected chi connectivity index (χ0v) is 24.7. The monoisotopic (exact) mass is 660 g/mol. The molecule has 0 saturated heterocycles. The maximum absolute atomic E-state index is 10.2. The summed E-state index contributed by atoms with van der Waals surface area (Å²) in [7, 11) is 0. The van der Waals surface area contributed by atoms with E-state index in [1.807, 2.05) is 0 Å². The number of thiophene rings is 1. The molecular formula is C46H31NS. The highest BCUT2D eigenvalue weighted by molar-refractivity contribution is 7.27. The Hall–Kier alpha value is -5.96. The van der Waals surface area contributed by atoms with Gasteiger partial charge < -0.3 is 4.90 Å². The van der Waals surface area contributed by atoms with Crippen LogP contribution in [-0.4, -0.2) is 0 Å². The van der Waals surface area contributed by atoms with Crippen molar-refractivity contribution in [2.75, 3.05) is 4.90 Å². The SMILES string of the molecule is [2H]c1c([2H])c([2H])c(-c2c([2H])c([2H])c(N(c3c([2H])c([2H])c(-c4c([2H])c([2H])c([2H])c([2H])c4[2H])c([2H])c3[2H])c3c([2H])c4c(sc5c(-c6c([2H])c([2H])c([2H])c([2H])c6[2H])c([2H])c([2H])c([2H])c54)c4c([2H])c([2H])c([2H])c([2H])c34)c([2H])c2[2H])c([2H])c1[2H]. The van der Waals surface area contributed by atoms with Crippen LogP contribution in [0.5, 0.6) is 0 Å². The summed E-state index contributed by atoms with van der Waals surface area (Å²) in [5.41, 5.74) is -7.98. The van der Waals surface area contributed by atoms with E-state index >= 15 is 0 Å². The van der Waals surface area contributed by atoms with Gasteiger partial charge in [0, 0.05) is 42.3 Å². The molecule has 48 heavy (non-hydrogen) atoms. The van der Waals surface area contributed by atoms with Crippen LogP contribution in [0.2, 0.25) is 0 Å². The lowest BCUT2D eigenvalue weighted by Gasteiger charge is -2.27. The maximum Gasteiger partial charge on any atom is 0.0652 e. The van der Waals surface area contributed by atoms with Crippen molar-refractivity contribution in [2.24, 2.45) is 0 Å². The Morgan fingerprint density at radius 2 is 0.792 bits per heavy atom. The van der Waals surface area contributed by atoms with E-state index in [1.54, 1.807) is 0 Å². The fourth-order valence-electron chi connectivity index (χ4n) is 4.97. The normalized spacial score (nSPS) is 20.4. The van der Waals surface area contributed by atoms with Gasteiger partial charge in [-0.2, -0.15) is 0 Å². The minimum atomic E-state index is -1.27. The minimum Gasteiger partial charge on any atom is -0.310 e. The summed E-state index contributed by atoms with van der Waals surface area (Å²) in [5.74, 6) is 0. The first-order valence-electron chi connectivity index (χ1n) is 29.3. The average molecular weight is 661 g/mol. The molecule has 0 radical (unpaired) electrons. The molecule has 9 rings (SSSR count). The van der Waals surface area contributed by atoms with E-state index < -0.39 is 259 Å². The zero-order chi connectivity index (χ0) is 58.8. The van der Waals surface area contributed by atoms with E-state index in [-0.39, 0.29) is 9.40 Å². The number of rotatable bonds is 6. The Kier molecular flexibility index (Phi) is 2.70. The van der Waals surface area contributed by atoms with Crippen molar-refractivity contribution in [1.29, 1.82) is 0 Å². The summed E-state index contributed by atoms with van der Waals surface area (Å²) in [6.07, 6.45) is 0. The number of hydrogen-bond acceptors (Lipinski definition) is 2. The number of anilines is 3. The third kappa shape index (κ3) is 4.95. The van der Waals surface area contributed by atoms with E-state index in [0.29, 0.717) is 16.2 Å². The number of fused-ring (bicyclic) bond motifs is 5. The van der Waals surface area contributed by atoms with Gasteiger partial charge in [0.15, 0.2) is 0 Å². The Morgan fingerprint density at radius 3 is 1.35 bits per heavy atom. The first kappa shape index (κ1) is 10.8. The Bertz CT molecular complexity index is 4060. The molecule has 0 atom stereocenters. The van der Waals surface area contributed by atoms with Gasteiger partial charge in [0.2, 0.25) is 0 Å². The summed E-state index contributed by atoms with van der Waals surface area (Å²) in [4.78, 5) is 0.410. The predicted octanol–water partition coefficient (Wildman–Crippen LogP) is 13.7. The predicted molar refractivity (Wildman–Crippen MR) is 208 cm³/mol. The maximum atomic E-state index is 10.2. The van der Waals surface area contributed by atoms with E-state index in [0.717, 1.165) is 0 Å². The summed E-state index contributed by atoms with van der Waals surface area (Å²) in [5, 5.41) is -2.47. The molecule has 0 spiro atoms. The quantitative estimate of drug-likeness (QED) is 0.172. The second kappa shape index (κ2) is 12.0. The van der Waals surface area contributed by atoms with Crippen molar-refractivity contribution in [1.82, 2.24) is 0 Å². The van der Waals surface area contributed by atoms with Crippen LogP contribution in [0, 0.1) is 0 Å². The Balaban J connectivity index is 1.58. The van der Waals surface area contributed by atoms with Crippen molar-refractivity contribution in [3.8, 4) is 33.4 Å². The highest BCUT2D eigenvalue weighted by Gasteiger charge is 2.20. The lowest BCUT2D eigenvalue weighted by molar-refractivity contribution is 1.30. The molecule has 0 saturated carbocycles. The Labute approximate surface area is 328 Å². The van der Waals surface area contributed by atoms with Crippen LogP contribution >= 0.6 is 11.3 Å². The van der Waals surface area contributed by atoms with Crippen LogP contribution in [0.3, 0.4) is 0 Å². The fraction of sp³-hybridized carbons (Fsp3) is 0. The van der Waals surface area contributed by atoms with Crippen LogP contribution in [-0.2, 0) is 0 Å². The van der Waals surface area contributed by atoms with Crippen LogP contribution in [0.4, 0.5) is 17.1 Å². The van der Waals surface area contributed by atoms with E-state index in [9.17, 15) is 16.4 Å². The first-order valence-corrected chi connectivity index (χ1v) is 14.6. The molecule has 0 amide bonds. The topological polar surface area (TPSA) is 3.24 Å². The highest BCUT2D eigenvalue weighted by Crippen LogP contribution is 2.48. The highest BCUT2D eigenvalue weighted by atomic mass is 32.1. The lowest BCUT2D eigenvalue weighted by Crippen LogP contribution is -2.10. The second-order valence-electron chi connectivity index (χ2n) is 9.77. The van der Waals surface area contributed by atoms with Crippen LogP contribution in [0.1, 0.15) is 42.5 Å². The third-order valence-corrected chi connectivity index (χ3v) is 8.27. The molecule has 1 nitrogen and oxygen atoms in total. The smallest absolute Gasteiger partial charge is 0.0652 e. The molecule has 0 aliphatic carbocycles. The fourth-order valence-corrected chi connectivity index (χ4v) is 6.19. The largest absolute Gasteiger partial charge is 0.310 e. The van der Waals surface area contributed by atoms with Crippen LogP contribution in [0.15, 0.2) is 187 Å². The second-order valence-corrected chi connectivity index (χ2v) is 10.8. The van der Waals surface area contributed by atoms with Gasteiger partial charge >= 0.3 is 0 Å². The molecule has 0 unspecified atom stereocenters. The van der Waals surface area contributed by atoms with Gasteiger partial charge in [-0.1, -0.05) is 157 Å². The van der Waals surface area contributed by atoms with Crippen molar-refractivity contribution < 1.29 is 42.5 Å². The van der Waals surface area contributed by atoms with Crippen molar-refractivity contribution in [2.45, 2.75) is 0 Å². The van der Waals surface area contributed by atoms with Gasteiger partial charge in [0.05, 0.1) is 48.2 Å². The molecule has 0 N–H and O–H groups in total. The summed E-state index contributed by atoms with van der Waals surface area (Å²) >= 11 is 0.507. The Morgan fingerprint density at radius 1 is 0.354 bits per heavy atom. The van der Waals surface area contributed by atoms with Crippen molar-refractivity contribution >= 4 is 59.3 Å². The molecular weight excluding hydrogens is 599 g/mol. The molecule has 8 aromatic carbocycles. The third-order valence-electron chi connectivity index (χ3n) is 7.05. The van der Waals surface area contributed by atoms with E-state index in [4.69, 9.17) is 26.0 Å². The van der Waals surface area contributed by atoms with Gasteiger partial charge in [0.25, 0.3) is 0 Å². The molecule has 0 bridgehead atoms. The molecule has 1 aromatic heterocycles. The van der Waals surface area contributed by atoms with Gasteiger partial charge in [-0.05, 0) is 63.6 Å². The number of nitrogens with zero attached hydrogens (tertiary/aromatic N) is 1. The standard InChI is InChI=1S/C46H31NS/c1-4-13-32(14-5-1)34-23-27-37(28-24-34)47(38-29-25-35(26-30-38)33-15-6-2-7-16-33)44-31-43-42-22-12-21-39(36-17-8-3-9-18-36)45(42)48-46(43)41-20-11-10-19-40(41)44/h1-31H/i1D,2D,3D,4D,5D,6D,7D,8D,9D,10D,11D,12D,13D,14D,15D,16D,17D,18D,19D,20D,21D,22D,23D,24D,25D,26D,27D,28D,29D,30D,31D. The first-order chi connectivity index (χ1) is 36.7. The van der Waals surface area contributed by atoms with E-state index in [2.05, 4.69) is 0 Å². The zero-order valence-electron chi connectivity index (χ0n) is 54.9. The van der Waals surface area contributed by atoms with Crippen LogP contribution in [0.25, 0.3) is 64.3 Å². The van der Waals surface area contributed by atoms with Gasteiger partial charge in [-0.25, -0.2) is 0 Å². The number of benzene rings is 8. The lowest BCUT2D eigenvalue weighted by atomic mass is 9.99. The summed E-state index contributed by atoms with van der Waals surface area (Å²) in [6.45, 7) is 0. The average Bonchev–Trinajstić information content (AvgIpc) is 4.10. The molecule has 9 aromatic rings. The molecule has 0 aliphatic heterocycles. The molecule has 1 heterocycles. The molecule has 0 aliphatic rings. The number of hydrogen-bond donors (Lipinski definition) is 0.